The van der Waals surface area contributed by atoms with Crippen molar-refractivity contribution in [2.45, 2.75) is 6.32 Å². The van der Waals surface area contributed by atoms with Gasteiger partial charge in [0.05, 0.1) is 0 Å². The molecule has 0 saturated carbocycles. The molecule has 0 N–H and O–H groups in total. The molecule has 0 spiro atoms. The van der Waals surface area contributed by atoms with Crippen molar-refractivity contribution in [3.63, 3.8) is 0 Å². The average Bonchev–Trinajstić information content (AvgIpc) is 2.30. The van der Waals surface area contributed by atoms with E-state index in [2.05, 4.69) is 0 Å². The lowest BCUT2D eigenvalue weighted by molar-refractivity contribution is 0.626. The van der Waals surface area contributed by atoms with Gasteiger partial charge in [-0.15, -0.1) is 0 Å². The molecule has 0 radical (unpaired) electrons. The van der Waals surface area contributed by atoms with Crippen LogP contribution in [0.3, 0.4) is 0 Å². The van der Waals surface area contributed by atoms with Gasteiger partial charge < -0.3 is 0 Å². The second-order valence-electron chi connectivity index (χ2n) is 3.52. The summed E-state index contributed by atoms with van der Waals surface area (Å²) in [5, 5.41) is 0. The molecule has 0 aliphatic carbocycles. The summed E-state index contributed by atoms with van der Waals surface area (Å²) in [6.45, 7) is 0. The van der Waals surface area contributed by atoms with Crippen LogP contribution in [0.1, 0.15) is 5.56 Å². The smallest absolute Gasteiger partial charge is 0.123 e. The van der Waals surface area contributed by atoms with E-state index in [9.17, 15) is 4.39 Å². The minimum Gasteiger partial charge on any atom is -0.207 e. The van der Waals surface area contributed by atoms with E-state index in [1.165, 1.54) is 6.07 Å². The maximum absolute atomic E-state index is 13.0. The van der Waals surface area contributed by atoms with Crippen LogP contribution >= 0.6 is 0 Å². The zero-order valence-electron chi connectivity index (χ0n) is 8.70. The van der Waals surface area contributed by atoms with Gasteiger partial charge in [-0.1, -0.05) is 42.7 Å². The van der Waals surface area contributed by atoms with Crippen LogP contribution < -0.4 is 0 Å². The lowest BCUT2D eigenvalue weighted by Crippen LogP contribution is -1.91. The molecule has 2 aromatic carbocycles. The summed E-state index contributed by atoms with van der Waals surface area (Å²) in [6.07, 6.45) is 0.849. The van der Waals surface area contributed by atoms with Crippen LogP contribution in [0.5, 0.6) is 0 Å². The molecule has 0 saturated heterocycles. The van der Waals surface area contributed by atoms with Crippen LogP contribution in [0, 0.1) is 5.82 Å². The Labute approximate surface area is 90.2 Å². The van der Waals surface area contributed by atoms with E-state index in [1.807, 2.05) is 44.2 Å². The number of benzene rings is 2. The van der Waals surface area contributed by atoms with Crippen molar-refractivity contribution in [1.29, 1.82) is 0 Å². The number of hydrogen-bond acceptors (Lipinski definition) is 0. The minimum atomic E-state index is -0.161. The number of rotatable bonds is 2. The summed E-state index contributed by atoms with van der Waals surface area (Å²) in [5.74, 6) is -0.161. The van der Waals surface area contributed by atoms with Crippen molar-refractivity contribution < 1.29 is 4.39 Å². The molecule has 2 aromatic rings. The molecule has 0 heterocycles. The zero-order chi connectivity index (χ0) is 10.7. The molecular weight excluding hydrogens is 186 g/mol. The molecule has 2 rings (SSSR count). The topological polar surface area (TPSA) is 0 Å². The number of halogens is 1. The highest BCUT2D eigenvalue weighted by atomic mass is 19.1. The summed E-state index contributed by atoms with van der Waals surface area (Å²) in [4.78, 5) is 0. The largest absolute Gasteiger partial charge is 0.207 e. The van der Waals surface area contributed by atoms with Crippen LogP contribution in [0.2, 0.25) is 0 Å². The molecule has 2 heteroatoms. The third kappa shape index (κ3) is 2.09. The Morgan fingerprint density at radius 1 is 1.00 bits per heavy atom. The van der Waals surface area contributed by atoms with Gasteiger partial charge in [0.15, 0.2) is 0 Å². The summed E-state index contributed by atoms with van der Waals surface area (Å²) in [5.41, 5.74) is 3.33. The summed E-state index contributed by atoms with van der Waals surface area (Å²) < 4.78 is 13.0. The molecule has 0 bridgehead atoms. The fraction of sp³-hybridized carbons (Fsp3) is 0.0769. The van der Waals surface area contributed by atoms with Gasteiger partial charge in [0, 0.05) is 0 Å². The predicted octanol–water partition coefficient (Wildman–Crippen LogP) is 2.63. The summed E-state index contributed by atoms with van der Waals surface area (Å²) >= 11 is 0. The highest BCUT2D eigenvalue weighted by molar-refractivity contribution is 6.09. The zero-order valence-corrected chi connectivity index (χ0v) is 8.70. The SMILES string of the molecule is BCc1cc(F)ccc1-c1ccccc1. The molecule has 0 amide bonds. The monoisotopic (exact) mass is 198 g/mol. The Hall–Kier alpha value is -1.57. The Kier molecular flexibility index (Phi) is 2.86. The second kappa shape index (κ2) is 4.30. The van der Waals surface area contributed by atoms with Crippen molar-refractivity contribution in [3.8, 4) is 11.1 Å². The van der Waals surface area contributed by atoms with E-state index < -0.39 is 0 Å². The molecule has 0 nitrogen and oxygen atoms in total. The van der Waals surface area contributed by atoms with Gasteiger partial charge in [0.25, 0.3) is 0 Å². The van der Waals surface area contributed by atoms with Crippen LogP contribution in [0.15, 0.2) is 48.5 Å². The van der Waals surface area contributed by atoms with Gasteiger partial charge in [-0.3, -0.25) is 0 Å². The fourth-order valence-electron chi connectivity index (χ4n) is 1.75. The first-order valence-corrected chi connectivity index (χ1v) is 5.15. The maximum Gasteiger partial charge on any atom is 0.123 e. The number of hydrogen-bond donors (Lipinski definition) is 0. The van der Waals surface area contributed by atoms with E-state index >= 15 is 0 Å². The quantitative estimate of drug-likeness (QED) is 0.650. The lowest BCUT2D eigenvalue weighted by atomic mass is 9.90. The van der Waals surface area contributed by atoms with Crippen molar-refractivity contribution in [2.24, 2.45) is 0 Å². The third-order valence-corrected chi connectivity index (χ3v) is 2.53. The van der Waals surface area contributed by atoms with Crippen LogP contribution in [-0.4, -0.2) is 7.85 Å². The molecule has 0 aliphatic heterocycles. The lowest BCUT2D eigenvalue weighted by Gasteiger charge is -2.07. The van der Waals surface area contributed by atoms with E-state index in [1.54, 1.807) is 6.07 Å². The van der Waals surface area contributed by atoms with Gasteiger partial charge in [0.1, 0.15) is 13.7 Å². The molecule has 0 unspecified atom stereocenters. The third-order valence-electron chi connectivity index (χ3n) is 2.53. The van der Waals surface area contributed by atoms with E-state index in [0.29, 0.717) is 0 Å². The molecule has 0 fully saturated rings. The van der Waals surface area contributed by atoms with Crippen molar-refractivity contribution in [1.82, 2.24) is 0 Å². The Morgan fingerprint density at radius 2 is 1.73 bits per heavy atom. The standard InChI is InChI=1S/C13H12BF/c14-9-11-8-12(15)6-7-13(11)10-4-2-1-3-5-10/h1-8H,9,14H2. The van der Waals surface area contributed by atoms with Crippen molar-refractivity contribution in [2.75, 3.05) is 0 Å². The van der Waals surface area contributed by atoms with E-state index in [0.717, 1.165) is 23.0 Å². The van der Waals surface area contributed by atoms with Crippen molar-refractivity contribution in [3.05, 3.63) is 59.9 Å². The first-order chi connectivity index (χ1) is 7.31. The van der Waals surface area contributed by atoms with Gasteiger partial charge in [-0.05, 0) is 28.8 Å². The van der Waals surface area contributed by atoms with E-state index in [4.69, 9.17) is 0 Å². The molecule has 74 valence electrons. The summed E-state index contributed by atoms with van der Waals surface area (Å²) in [7, 11) is 2.04. The molecule has 0 atom stereocenters. The van der Waals surface area contributed by atoms with Crippen LogP contribution in [-0.2, 0) is 6.32 Å². The second-order valence-corrected chi connectivity index (χ2v) is 3.52. The van der Waals surface area contributed by atoms with Crippen LogP contribution in [0.4, 0.5) is 4.39 Å². The average molecular weight is 198 g/mol. The van der Waals surface area contributed by atoms with Gasteiger partial charge >= 0.3 is 0 Å². The highest BCUT2D eigenvalue weighted by Gasteiger charge is 2.03. The molecule has 15 heavy (non-hydrogen) atoms. The molecular formula is C13H12BF. The first-order valence-electron chi connectivity index (χ1n) is 5.15. The minimum absolute atomic E-state index is 0.161. The maximum atomic E-state index is 13.0. The molecule has 0 aliphatic rings. The van der Waals surface area contributed by atoms with E-state index in [-0.39, 0.29) is 5.82 Å². The predicted molar refractivity (Wildman–Crippen MR) is 64.1 cm³/mol. The Balaban J connectivity index is 2.53. The van der Waals surface area contributed by atoms with Gasteiger partial charge in [-0.2, -0.15) is 0 Å². The first kappa shape index (κ1) is 9.97. The normalized spacial score (nSPS) is 10.2. The van der Waals surface area contributed by atoms with Gasteiger partial charge in [-0.25, -0.2) is 4.39 Å². The fourth-order valence-corrected chi connectivity index (χ4v) is 1.75. The van der Waals surface area contributed by atoms with Crippen LogP contribution in [0.25, 0.3) is 11.1 Å². The summed E-state index contributed by atoms with van der Waals surface area (Å²) in [6, 6.07) is 15.1. The Morgan fingerprint density at radius 3 is 2.40 bits per heavy atom. The van der Waals surface area contributed by atoms with Crippen molar-refractivity contribution >= 4 is 7.85 Å². The Bertz CT molecular complexity index is 451. The molecule has 0 aromatic heterocycles. The van der Waals surface area contributed by atoms with Gasteiger partial charge in [0.2, 0.25) is 0 Å². The highest BCUT2D eigenvalue weighted by Crippen LogP contribution is 2.24.